The maximum atomic E-state index is 12.7. The predicted octanol–water partition coefficient (Wildman–Crippen LogP) is 15.4. The van der Waals surface area contributed by atoms with Crippen molar-refractivity contribution >= 4 is 17.9 Å². The van der Waals surface area contributed by atoms with Gasteiger partial charge in [-0.1, -0.05) is 195 Å². The van der Waals surface area contributed by atoms with Gasteiger partial charge < -0.3 is 14.2 Å². The van der Waals surface area contributed by atoms with Gasteiger partial charge in [-0.25, -0.2) is 0 Å². The normalized spacial score (nSPS) is 12.9. The third-order valence-corrected chi connectivity index (χ3v) is 9.67. The molecule has 0 heterocycles. The molecule has 1 atom stereocenters. The fraction of sp³-hybridized carbons (Fsp3) is 0.642. The predicted molar refractivity (Wildman–Crippen MR) is 251 cm³/mol. The summed E-state index contributed by atoms with van der Waals surface area (Å²) in [6, 6.07) is 0. The summed E-state index contributed by atoms with van der Waals surface area (Å²) in [4.78, 5) is 37.8. The largest absolute Gasteiger partial charge is 0.462 e. The molecule has 0 amide bonds. The van der Waals surface area contributed by atoms with E-state index in [1.165, 1.54) is 77.0 Å². The summed E-state index contributed by atoms with van der Waals surface area (Å²) in [6.07, 6.45) is 61.1. The lowest BCUT2D eigenvalue weighted by Crippen LogP contribution is -2.30. The highest BCUT2D eigenvalue weighted by Gasteiger charge is 2.19. The molecular weight excluding hydrogens is 733 g/mol. The highest BCUT2D eigenvalue weighted by Crippen LogP contribution is 2.13. The molecule has 0 aliphatic carbocycles. The molecule has 0 bridgehead atoms. The molecule has 1 unspecified atom stereocenters. The molecule has 0 saturated heterocycles. The fourth-order valence-corrected chi connectivity index (χ4v) is 6.07. The van der Waals surface area contributed by atoms with Gasteiger partial charge in [-0.15, -0.1) is 0 Å². The number of ether oxygens (including phenoxy) is 3. The molecule has 0 aromatic rings. The molecule has 334 valence electrons. The minimum absolute atomic E-state index is 0.114. The average Bonchev–Trinajstić information content (AvgIpc) is 3.23. The van der Waals surface area contributed by atoms with Crippen LogP contribution in [0.15, 0.2) is 97.2 Å². The Bertz CT molecular complexity index is 1220. The van der Waals surface area contributed by atoms with Gasteiger partial charge in [0.05, 0.1) is 0 Å². The lowest BCUT2D eigenvalue weighted by Gasteiger charge is -2.18. The van der Waals surface area contributed by atoms with Crippen molar-refractivity contribution in [2.24, 2.45) is 0 Å². The van der Waals surface area contributed by atoms with E-state index >= 15 is 0 Å². The van der Waals surface area contributed by atoms with E-state index in [1.54, 1.807) is 0 Å². The van der Waals surface area contributed by atoms with Gasteiger partial charge >= 0.3 is 17.9 Å². The molecule has 0 N–H and O–H groups in total. The van der Waals surface area contributed by atoms with Crippen LogP contribution in [-0.4, -0.2) is 37.2 Å². The monoisotopic (exact) mass is 819 g/mol. The topological polar surface area (TPSA) is 78.9 Å². The van der Waals surface area contributed by atoms with Crippen molar-refractivity contribution in [2.45, 2.75) is 207 Å². The Morgan fingerprint density at radius 2 is 0.763 bits per heavy atom. The van der Waals surface area contributed by atoms with Crippen molar-refractivity contribution in [3.05, 3.63) is 97.2 Å². The van der Waals surface area contributed by atoms with Crippen LogP contribution in [0.4, 0.5) is 0 Å². The molecule has 6 heteroatoms. The van der Waals surface area contributed by atoms with Crippen LogP contribution in [0, 0.1) is 0 Å². The van der Waals surface area contributed by atoms with Gasteiger partial charge in [0.25, 0.3) is 0 Å². The smallest absolute Gasteiger partial charge is 0.306 e. The second-order valence-corrected chi connectivity index (χ2v) is 15.4. The summed E-state index contributed by atoms with van der Waals surface area (Å²) in [5.74, 6) is -1.01. The van der Waals surface area contributed by atoms with Crippen LogP contribution in [0.5, 0.6) is 0 Å². The molecule has 0 rings (SSSR count). The van der Waals surface area contributed by atoms with Gasteiger partial charge in [0.2, 0.25) is 0 Å². The van der Waals surface area contributed by atoms with Crippen LogP contribution < -0.4 is 0 Å². The quantitative estimate of drug-likeness (QED) is 0.0201. The third kappa shape index (κ3) is 45.3. The van der Waals surface area contributed by atoms with Gasteiger partial charge in [-0.2, -0.15) is 0 Å². The molecule has 0 aliphatic rings. The lowest BCUT2D eigenvalue weighted by atomic mass is 10.1. The molecule has 6 nitrogen and oxygen atoms in total. The van der Waals surface area contributed by atoms with E-state index in [0.717, 1.165) is 77.0 Å². The number of esters is 3. The van der Waals surface area contributed by atoms with Gasteiger partial charge in [0, 0.05) is 19.3 Å². The number of allylic oxidation sites excluding steroid dienone is 16. The van der Waals surface area contributed by atoms with E-state index in [-0.39, 0.29) is 37.5 Å². The number of hydrogen-bond donors (Lipinski definition) is 0. The van der Waals surface area contributed by atoms with Crippen LogP contribution in [0.1, 0.15) is 201 Å². The Morgan fingerprint density at radius 3 is 1.27 bits per heavy atom. The van der Waals surface area contributed by atoms with E-state index in [2.05, 4.69) is 63.3 Å². The first-order chi connectivity index (χ1) is 29.0. The summed E-state index contributed by atoms with van der Waals surface area (Å²) in [5.41, 5.74) is 0. The minimum atomic E-state index is -0.820. The Hall–Kier alpha value is -3.67. The van der Waals surface area contributed by atoms with Crippen LogP contribution in [0.3, 0.4) is 0 Å². The Kier molecular flexibility index (Phi) is 44.1. The summed E-state index contributed by atoms with van der Waals surface area (Å²) in [7, 11) is 0. The molecule has 0 spiro atoms. The average molecular weight is 819 g/mol. The summed E-state index contributed by atoms with van der Waals surface area (Å²) < 4.78 is 16.6. The molecule has 0 fully saturated rings. The number of carbonyl (C=O) groups excluding carboxylic acids is 3. The van der Waals surface area contributed by atoms with Gasteiger partial charge in [0.15, 0.2) is 6.10 Å². The van der Waals surface area contributed by atoms with Crippen LogP contribution in [0.25, 0.3) is 0 Å². The van der Waals surface area contributed by atoms with Crippen molar-refractivity contribution < 1.29 is 28.6 Å². The zero-order valence-electron chi connectivity index (χ0n) is 38.0. The first-order valence-corrected chi connectivity index (χ1v) is 23.8. The summed E-state index contributed by atoms with van der Waals surface area (Å²) in [6.45, 7) is 6.33. The Labute approximate surface area is 362 Å². The first-order valence-electron chi connectivity index (χ1n) is 23.8. The first kappa shape index (κ1) is 55.3. The van der Waals surface area contributed by atoms with Gasteiger partial charge in [0.1, 0.15) is 13.2 Å². The maximum absolute atomic E-state index is 12.7. The Morgan fingerprint density at radius 1 is 0.373 bits per heavy atom. The van der Waals surface area contributed by atoms with Crippen LogP contribution in [-0.2, 0) is 28.6 Å². The van der Waals surface area contributed by atoms with E-state index in [0.29, 0.717) is 19.3 Å². The van der Waals surface area contributed by atoms with E-state index < -0.39 is 6.10 Å². The number of rotatable bonds is 41. The second-order valence-electron chi connectivity index (χ2n) is 15.4. The summed E-state index contributed by atoms with van der Waals surface area (Å²) >= 11 is 0. The van der Waals surface area contributed by atoms with Crippen molar-refractivity contribution in [1.82, 2.24) is 0 Å². The van der Waals surface area contributed by atoms with Crippen molar-refractivity contribution in [3.63, 3.8) is 0 Å². The standard InChI is InChI=1S/C53H86O6/c1-4-7-10-13-16-19-22-24-25-26-27-29-31-34-37-40-43-46-52(55)58-49-50(48-57-51(54)45-42-39-36-33-30-21-18-15-12-9-6-3)59-53(56)47-44-41-38-35-32-28-23-20-17-14-11-8-5-2/h8,11,14-20,23-25,28,32,35,38,50H,4-7,9-10,12-13,21-22,26-27,29-31,33-34,36-37,39-49H2,1-3H3/b11-8-,17-14-,18-15-,19-16-,23-20-,25-24-,32-28-,38-35-. The lowest BCUT2D eigenvalue weighted by molar-refractivity contribution is -0.167. The second kappa shape index (κ2) is 47.0. The molecule has 0 radical (unpaired) electrons. The number of carbonyl (C=O) groups is 3. The number of unbranched alkanes of at least 4 members (excludes halogenated alkanes) is 18. The van der Waals surface area contributed by atoms with Gasteiger partial charge in [-0.3, -0.25) is 14.4 Å². The highest BCUT2D eigenvalue weighted by atomic mass is 16.6. The molecule has 0 saturated carbocycles. The highest BCUT2D eigenvalue weighted by molar-refractivity contribution is 5.71. The zero-order valence-corrected chi connectivity index (χ0v) is 38.0. The van der Waals surface area contributed by atoms with E-state index in [4.69, 9.17) is 14.2 Å². The van der Waals surface area contributed by atoms with Crippen molar-refractivity contribution in [1.29, 1.82) is 0 Å². The van der Waals surface area contributed by atoms with Crippen molar-refractivity contribution in [3.8, 4) is 0 Å². The van der Waals surface area contributed by atoms with Gasteiger partial charge in [-0.05, 0) is 83.5 Å². The maximum Gasteiger partial charge on any atom is 0.306 e. The van der Waals surface area contributed by atoms with Crippen LogP contribution >= 0.6 is 0 Å². The molecule has 0 aromatic carbocycles. The third-order valence-electron chi connectivity index (χ3n) is 9.67. The van der Waals surface area contributed by atoms with E-state index in [9.17, 15) is 14.4 Å². The van der Waals surface area contributed by atoms with Crippen LogP contribution in [0.2, 0.25) is 0 Å². The fourth-order valence-electron chi connectivity index (χ4n) is 6.07. The number of hydrogen-bond acceptors (Lipinski definition) is 6. The Balaban J connectivity index is 4.49. The molecule has 0 aliphatic heterocycles. The SMILES string of the molecule is CC\C=C/C=C\C=C/C=C\C=C/CCCC(=O)OC(COC(=O)CCCCCCC/C=C\CCCC)COC(=O)CCCCCCCCC/C=C\C/C=C\CCCCC. The van der Waals surface area contributed by atoms with E-state index in [1.807, 2.05) is 54.7 Å². The minimum Gasteiger partial charge on any atom is -0.462 e. The molecular formula is C53H86O6. The molecule has 0 aromatic heterocycles. The van der Waals surface area contributed by atoms with Crippen molar-refractivity contribution in [2.75, 3.05) is 13.2 Å². The zero-order chi connectivity index (χ0) is 43.0. The summed E-state index contributed by atoms with van der Waals surface area (Å²) in [5, 5.41) is 0. The molecule has 59 heavy (non-hydrogen) atoms.